The Balaban J connectivity index is 1.61. The number of aromatic nitrogens is 4. The van der Waals surface area contributed by atoms with E-state index < -0.39 is 0 Å². The van der Waals surface area contributed by atoms with Gasteiger partial charge < -0.3 is 9.14 Å². The molecule has 0 aliphatic rings. The number of imidazole rings is 1. The van der Waals surface area contributed by atoms with Crippen LogP contribution in [-0.2, 0) is 5.75 Å². The molecular weight excluding hydrogens is 432 g/mol. The fourth-order valence-electron chi connectivity index (χ4n) is 3.46. The third kappa shape index (κ3) is 3.66. The Morgan fingerprint density at radius 1 is 1.00 bits per heavy atom. The number of rotatable bonds is 5. The molecule has 5 rings (SSSR count). The van der Waals surface area contributed by atoms with E-state index in [0.29, 0.717) is 38.3 Å². The van der Waals surface area contributed by atoms with Crippen LogP contribution in [0.3, 0.4) is 0 Å². The number of nitrogens with zero attached hydrogens (tertiary/aromatic N) is 4. The van der Waals surface area contributed by atoms with Crippen molar-refractivity contribution in [1.29, 1.82) is 0 Å². The van der Waals surface area contributed by atoms with Crippen molar-refractivity contribution in [3.05, 3.63) is 94.1 Å². The van der Waals surface area contributed by atoms with Crippen LogP contribution >= 0.6 is 23.4 Å². The van der Waals surface area contributed by atoms with Gasteiger partial charge in [0, 0.05) is 18.1 Å². The van der Waals surface area contributed by atoms with Gasteiger partial charge in [-0.3, -0.25) is 9.36 Å². The zero-order chi connectivity index (χ0) is 21.4. The molecule has 0 saturated carbocycles. The summed E-state index contributed by atoms with van der Waals surface area (Å²) in [6.45, 7) is 0. The van der Waals surface area contributed by atoms with Crippen molar-refractivity contribution >= 4 is 39.9 Å². The summed E-state index contributed by atoms with van der Waals surface area (Å²) in [6, 6.07) is 18.5. The summed E-state index contributed by atoms with van der Waals surface area (Å²) in [5.41, 5.74) is 2.84. The molecule has 154 valence electrons. The van der Waals surface area contributed by atoms with Crippen LogP contribution in [0.5, 0.6) is 5.75 Å². The Bertz CT molecular complexity index is 1480. The standard InChI is InChI=1S/C23H17ClN4O2S/c1-30-20-9-5-4-8-19(20)28-22(29)17-6-2-3-7-18(17)26-23(28)31-14-16-13-27-12-15(24)10-11-21(27)25-16/h2-13H,14H2,1H3. The zero-order valence-electron chi connectivity index (χ0n) is 16.5. The molecular formula is C23H17ClN4O2S. The Kier molecular flexibility index (Phi) is 5.13. The molecule has 3 aromatic heterocycles. The summed E-state index contributed by atoms with van der Waals surface area (Å²) in [6.07, 6.45) is 3.75. The summed E-state index contributed by atoms with van der Waals surface area (Å²) < 4.78 is 9.01. The topological polar surface area (TPSA) is 61.4 Å². The molecule has 0 unspecified atom stereocenters. The Labute approximate surface area is 187 Å². The van der Waals surface area contributed by atoms with Crippen LogP contribution in [0.2, 0.25) is 5.02 Å². The third-order valence-electron chi connectivity index (χ3n) is 4.88. The van der Waals surface area contributed by atoms with Gasteiger partial charge in [-0.1, -0.05) is 47.6 Å². The van der Waals surface area contributed by atoms with E-state index in [1.807, 2.05) is 71.4 Å². The molecule has 0 N–H and O–H groups in total. The maximum Gasteiger partial charge on any atom is 0.266 e. The lowest BCUT2D eigenvalue weighted by molar-refractivity contribution is 0.411. The van der Waals surface area contributed by atoms with E-state index in [1.165, 1.54) is 11.8 Å². The van der Waals surface area contributed by atoms with Gasteiger partial charge in [0.2, 0.25) is 0 Å². The van der Waals surface area contributed by atoms with E-state index in [0.717, 1.165) is 11.3 Å². The SMILES string of the molecule is COc1ccccc1-n1c(SCc2cn3cc(Cl)ccc3n2)nc2ccccc2c1=O. The minimum Gasteiger partial charge on any atom is -0.495 e. The number of fused-ring (bicyclic) bond motifs is 2. The maximum atomic E-state index is 13.4. The monoisotopic (exact) mass is 448 g/mol. The average Bonchev–Trinajstić information content (AvgIpc) is 3.20. The first-order valence-electron chi connectivity index (χ1n) is 9.55. The highest BCUT2D eigenvalue weighted by atomic mass is 35.5. The average molecular weight is 449 g/mol. The van der Waals surface area contributed by atoms with Crippen LogP contribution in [-0.4, -0.2) is 26.0 Å². The molecule has 0 saturated heterocycles. The predicted octanol–water partition coefficient (Wildman–Crippen LogP) is 4.99. The summed E-state index contributed by atoms with van der Waals surface area (Å²) >= 11 is 7.53. The van der Waals surface area contributed by atoms with Crippen molar-refractivity contribution in [3.63, 3.8) is 0 Å². The molecule has 0 aliphatic carbocycles. The first-order valence-corrected chi connectivity index (χ1v) is 10.9. The molecule has 0 amide bonds. The molecule has 0 aliphatic heterocycles. The molecule has 0 bridgehead atoms. The van der Waals surface area contributed by atoms with Crippen molar-refractivity contribution in [2.75, 3.05) is 7.11 Å². The number of hydrogen-bond donors (Lipinski definition) is 0. The van der Waals surface area contributed by atoms with Gasteiger partial charge in [0.15, 0.2) is 5.16 Å². The molecule has 0 fully saturated rings. The highest BCUT2D eigenvalue weighted by Crippen LogP contribution is 2.28. The van der Waals surface area contributed by atoms with Crippen LogP contribution < -0.4 is 10.3 Å². The number of ether oxygens (including phenoxy) is 1. The van der Waals surface area contributed by atoms with Gasteiger partial charge in [0.25, 0.3) is 5.56 Å². The van der Waals surface area contributed by atoms with Gasteiger partial charge in [-0.05, 0) is 36.4 Å². The van der Waals surface area contributed by atoms with Gasteiger partial charge in [0.05, 0.1) is 34.4 Å². The van der Waals surface area contributed by atoms with E-state index in [1.54, 1.807) is 17.7 Å². The molecule has 0 spiro atoms. The van der Waals surface area contributed by atoms with Crippen molar-refractivity contribution < 1.29 is 4.74 Å². The van der Waals surface area contributed by atoms with Crippen LogP contribution in [0, 0.1) is 0 Å². The number of methoxy groups -OCH3 is 1. The fourth-order valence-corrected chi connectivity index (χ4v) is 4.52. The normalized spacial score (nSPS) is 11.3. The number of benzene rings is 2. The van der Waals surface area contributed by atoms with Gasteiger partial charge in [-0.2, -0.15) is 0 Å². The van der Waals surface area contributed by atoms with Crippen LogP contribution in [0.25, 0.3) is 22.2 Å². The van der Waals surface area contributed by atoms with Gasteiger partial charge in [-0.15, -0.1) is 0 Å². The van der Waals surface area contributed by atoms with Gasteiger partial charge in [0.1, 0.15) is 11.4 Å². The van der Waals surface area contributed by atoms with Crippen LogP contribution in [0.4, 0.5) is 0 Å². The Morgan fingerprint density at radius 3 is 2.68 bits per heavy atom. The lowest BCUT2D eigenvalue weighted by atomic mass is 10.2. The largest absolute Gasteiger partial charge is 0.495 e. The molecule has 2 aromatic carbocycles. The molecule has 8 heteroatoms. The molecule has 5 aromatic rings. The lowest BCUT2D eigenvalue weighted by Gasteiger charge is -2.15. The van der Waals surface area contributed by atoms with Gasteiger partial charge >= 0.3 is 0 Å². The summed E-state index contributed by atoms with van der Waals surface area (Å²) in [5, 5.41) is 1.77. The third-order valence-corrected chi connectivity index (χ3v) is 6.08. The second kappa shape index (κ2) is 8.09. The Hall–Kier alpha value is -3.29. The second-order valence-electron chi connectivity index (χ2n) is 6.86. The smallest absolute Gasteiger partial charge is 0.266 e. The molecule has 3 heterocycles. The van der Waals surface area contributed by atoms with E-state index in [4.69, 9.17) is 21.3 Å². The zero-order valence-corrected chi connectivity index (χ0v) is 18.1. The second-order valence-corrected chi connectivity index (χ2v) is 8.24. The summed E-state index contributed by atoms with van der Waals surface area (Å²) in [4.78, 5) is 22.8. The maximum absolute atomic E-state index is 13.4. The van der Waals surface area contributed by atoms with Crippen LogP contribution in [0.1, 0.15) is 5.69 Å². The van der Waals surface area contributed by atoms with Crippen molar-refractivity contribution in [1.82, 2.24) is 18.9 Å². The Morgan fingerprint density at radius 2 is 1.81 bits per heavy atom. The lowest BCUT2D eigenvalue weighted by Crippen LogP contribution is -2.22. The highest BCUT2D eigenvalue weighted by molar-refractivity contribution is 7.98. The van der Waals surface area contributed by atoms with Crippen molar-refractivity contribution in [2.45, 2.75) is 10.9 Å². The minimum absolute atomic E-state index is 0.139. The van der Waals surface area contributed by atoms with Crippen LogP contribution in [0.15, 0.2) is 83.0 Å². The first kappa shape index (κ1) is 19.7. The van der Waals surface area contributed by atoms with E-state index >= 15 is 0 Å². The quantitative estimate of drug-likeness (QED) is 0.280. The summed E-state index contributed by atoms with van der Waals surface area (Å²) in [5.74, 6) is 1.14. The van der Waals surface area contributed by atoms with E-state index in [9.17, 15) is 4.79 Å². The minimum atomic E-state index is -0.139. The number of hydrogen-bond acceptors (Lipinski definition) is 5. The number of halogens is 1. The van der Waals surface area contributed by atoms with E-state index in [2.05, 4.69) is 4.98 Å². The molecule has 0 radical (unpaired) electrons. The number of pyridine rings is 1. The van der Waals surface area contributed by atoms with Gasteiger partial charge in [-0.25, -0.2) is 9.97 Å². The first-order chi connectivity index (χ1) is 15.1. The number of thioether (sulfide) groups is 1. The van der Waals surface area contributed by atoms with Crippen molar-refractivity contribution in [3.8, 4) is 11.4 Å². The molecule has 0 atom stereocenters. The van der Waals surface area contributed by atoms with Crippen molar-refractivity contribution in [2.24, 2.45) is 0 Å². The van der Waals surface area contributed by atoms with E-state index in [-0.39, 0.29) is 5.56 Å². The summed E-state index contributed by atoms with van der Waals surface area (Å²) in [7, 11) is 1.59. The molecule has 6 nitrogen and oxygen atoms in total. The highest BCUT2D eigenvalue weighted by Gasteiger charge is 2.17. The fraction of sp³-hybridized carbons (Fsp3) is 0.0870. The predicted molar refractivity (Wildman–Crippen MR) is 124 cm³/mol. The molecule has 31 heavy (non-hydrogen) atoms. The number of para-hydroxylation sites is 3.